The van der Waals surface area contributed by atoms with Crippen LogP contribution in [0.25, 0.3) is 0 Å². The number of carbonyl (C=O) groups excluding carboxylic acids is 1. The van der Waals surface area contributed by atoms with Gasteiger partial charge in [-0.3, -0.25) is 4.79 Å². The summed E-state index contributed by atoms with van der Waals surface area (Å²) in [5.74, 6) is 0.271. The molecule has 0 spiro atoms. The Morgan fingerprint density at radius 3 is 2.82 bits per heavy atom. The van der Waals surface area contributed by atoms with Crippen molar-refractivity contribution in [2.75, 3.05) is 6.54 Å². The molecule has 1 saturated heterocycles. The Kier molecular flexibility index (Phi) is 3.63. The highest BCUT2D eigenvalue weighted by molar-refractivity contribution is 6.03. The van der Waals surface area contributed by atoms with E-state index >= 15 is 0 Å². The van der Waals surface area contributed by atoms with Gasteiger partial charge in [0.2, 0.25) is 0 Å². The van der Waals surface area contributed by atoms with E-state index in [2.05, 4.69) is 25.2 Å². The fraction of sp³-hybridized carbons (Fsp3) is 0.533. The predicted octanol–water partition coefficient (Wildman–Crippen LogP) is 2.96. The van der Waals surface area contributed by atoms with Gasteiger partial charge in [-0.1, -0.05) is 32.0 Å². The van der Waals surface area contributed by atoms with Crippen molar-refractivity contribution in [3.8, 4) is 0 Å². The van der Waals surface area contributed by atoms with Crippen LogP contribution in [0.4, 0.5) is 0 Å². The first kappa shape index (κ1) is 12.3. The van der Waals surface area contributed by atoms with Crippen molar-refractivity contribution >= 4 is 5.78 Å². The maximum atomic E-state index is 12.6. The number of carbonyl (C=O) groups is 1. The van der Waals surface area contributed by atoms with Crippen molar-refractivity contribution in [2.45, 2.75) is 45.1 Å². The summed E-state index contributed by atoms with van der Waals surface area (Å²) in [7, 11) is 0. The van der Waals surface area contributed by atoms with E-state index in [1.807, 2.05) is 18.2 Å². The van der Waals surface area contributed by atoms with Crippen molar-refractivity contribution in [3.63, 3.8) is 0 Å². The Morgan fingerprint density at radius 1 is 1.41 bits per heavy atom. The number of benzene rings is 1. The molecule has 1 aliphatic heterocycles. The minimum Gasteiger partial charge on any atom is -0.305 e. The third-order valence-corrected chi connectivity index (χ3v) is 3.88. The molecule has 0 bridgehead atoms. The topological polar surface area (TPSA) is 29.1 Å². The van der Waals surface area contributed by atoms with Gasteiger partial charge in [0.25, 0.3) is 0 Å². The third kappa shape index (κ3) is 2.27. The van der Waals surface area contributed by atoms with Crippen LogP contribution in [0.1, 0.15) is 49.0 Å². The van der Waals surface area contributed by atoms with Gasteiger partial charge >= 0.3 is 0 Å². The van der Waals surface area contributed by atoms with Crippen molar-refractivity contribution in [1.82, 2.24) is 5.32 Å². The second kappa shape index (κ2) is 5.01. The molecule has 1 aromatic rings. The predicted molar refractivity (Wildman–Crippen MR) is 70.4 cm³/mol. The average molecular weight is 231 g/mol. The van der Waals surface area contributed by atoms with Crippen molar-refractivity contribution in [1.29, 1.82) is 0 Å². The molecule has 1 aliphatic rings. The summed E-state index contributed by atoms with van der Waals surface area (Å²) in [6.07, 6.45) is 3.93. The van der Waals surface area contributed by atoms with E-state index in [9.17, 15) is 4.79 Å². The molecule has 1 aromatic carbocycles. The van der Waals surface area contributed by atoms with Gasteiger partial charge < -0.3 is 5.32 Å². The molecule has 2 nitrogen and oxygen atoms in total. The number of Topliss-reactive ketones (excluding diaryl/α,β-unsaturated/α-hetero) is 1. The molecule has 0 aromatic heterocycles. The fourth-order valence-corrected chi connectivity index (χ4v) is 2.67. The molecule has 1 atom stereocenters. The number of hydrogen-bond acceptors (Lipinski definition) is 2. The molecular formula is C15H21NO. The van der Waals surface area contributed by atoms with Gasteiger partial charge in [-0.05, 0) is 43.9 Å². The Balaban J connectivity index is 2.29. The summed E-state index contributed by atoms with van der Waals surface area (Å²) in [6, 6.07) is 8.06. The highest BCUT2D eigenvalue weighted by atomic mass is 16.1. The lowest BCUT2D eigenvalue weighted by atomic mass is 9.85. The Morgan fingerprint density at radius 2 is 2.24 bits per heavy atom. The number of rotatable bonds is 4. The van der Waals surface area contributed by atoms with Crippen molar-refractivity contribution < 1.29 is 4.79 Å². The first-order chi connectivity index (χ1) is 8.22. The van der Waals surface area contributed by atoms with Gasteiger partial charge in [0.15, 0.2) is 5.78 Å². The van der Waals surface area contributed by atoms with Crippen LogP contribution in [0.15, 0.2) is 24.3 Å². The minimum atomic E-state index is -0.299. The second-order valence-electron chi connectivity index (χ2n) is 4.85. The van der Waals surface area contributed by atoms with Gasteiger partial charge in [-0.2, -0.15) is 0 Å². The molecule has 2 rings (SSSR count). The van der Waals surface area contributed by atoms with E-state index in [4.69, 9.17) is 0 Å². The van der Waals surface area contributed by atoms with Gasteiger partial charge in [-0.15, -0.1) is 0 Å². The van der Waals surface area contributed by atoms with E-state index in [0.29, 0.717) is 0 Å². The van der Waals surface area contributed by atoms with E-state index in [0.717, 1.165) is 37.8 Å². The highest BCUT2D eigenvalue weighted by Crippen LogP contribution is 2.27. The Hall–Kier alpha value is -1.15. The summed E-state index contributed by atoms with van der Waals surface area (Å²) >= 11 is 0. The Labute approximate surface area is 103 Å². The largest absolute Gasteiger partial charge is 0.305 e. The number of aryl methyl sites for hydroxylation is 1. The van der Waals surface area contributed by atoms with Gasteiger partial charge in [0.1, 0.15) is 0 Å². The smallest absolute Gasteiger partial charge is 0.182 e. The highest BCUT2D eigenvalue weighted by Gasteiger charge is 2.39. The number of ketones is 1. The molecule has 1 unspecified atom stereocenters. The first-order valence-electron chi connectivity index (χ1n) is 6.60. The maximum Gasteiger partial charge on any atom is 0.182 e. The summed E-state index contributed by atoms with van der Waals surface area (Å²) in [5, 5.41) is 3.41. The van der Waals surface area contributed by atoms with Crippen LogP contribution >= 0.6 is 0 Å². The lowest BCUT2D eigenvalue weighted by molar-refractivity contribution is 0.0863. The van der Waals surface area contributed by atoms with Crippen LogP contribution in [0.5, 0.6) is 0 Å². The van der Waals surface area contributed by atoms with Crippen LogP contribution in [-0.4, -0.2) is 17.9 Å². The molecule has 92 valence electrons. The minimum absolute atomic E-state index is 0.271. The van der Waals surface area contributed by atoms with Crippen LogP contribution in [0.2, 0.25) is 0 Å². The van der Waals surface area contributed by atoms with Gasteiger partial charge in [0, 0.05) is 5.56 Å². The molecule has 1 fully saturated rings. The molecular weight excluding hydrogens is 210 g/mol. The molecule has 0 radical (unpaired) electrons. The van der Waals surface area contributed by atoms with E-state index in [1.54, 1.807) is 0 Å². The monoisotopic (exact) mass is 231 g/mol. The number of hydrogen-bond donors (Lipinski definition) is 1. The standard InChI is InChI=1S/C15H21NO/c1-3-12-7-5-8-13(11-12)14(17)15(4-2)9-6-10-16-15/h5,7-8,11,16H,3-4,6,9-10H2,1-2H3. The molecule has 1 heterocycles. The summed E-state index contributed by atoms with van der Waals surface area (Å²) in [5.41, 5.74) is 1.80. The van der Waals surface area contributed by atoms with Crippen LogP contribution in [0.3, 0.4) is 0 Å². The molecule has 1 N–H and O–H groups in total. The van der Waals surface area contributed by atoms with E-state index in [-0.39, 0.29) is 11.3 Å². The first-order valence-corrected chi connectivity index (χ1v) is 6.60. The number of nitrogens with one attached hydrogen (secondary N) is 1. The van der Waals surface area contributed by atoms with E-state index < -0.39 is 0 Å². The van der Waals surface area contributed by atoms with Crippen molar-refractivity contribution in [2.24, 2.45) is 0 Å². The van der Waals surface area contributed by atoms with E-state index in [1.165, 1.54) is 5.56 Å². The molecule has 0 saturated carbocycles. The molecule has 0 amide bonds. The van der Waals surface area contributed by atoms with Crippen LogP contribution < -0.4 is 5.32 Å². The Bertz CT molecular complexity index is 405. The SMILES string of the molecule is CCc1cccc(C(=O)C2(CC)CCCN2)c1. The van der Waals surface area contributed by atoms with Gasteiger partial charge in [-0.25, -0.2) is 0 Å². The fourth-order valence-electron chi connectivity index (χ4n) is 2.67. The van der Waals surface area contributed by atoms with Crippen LogP contribution in [-0.2, 0) is 6.42 Å². The summed E-state index contributed by atoms with van der Waals surface area (Å²) in [6.45, 7) is 5.18. The normalized spacial score (nSPS) is 23.9. The quantitative estimate of drug-likeness (QED) is 0.807. The second-order valence-corrected chi connectivity index (χ2v) is 4.85. The zero-order chi connectivity index (χ0) is 12.3. The summed E-state index contributed by atoms with van der Waals surface area (Å²) in [4.78, 5) is 12.6. The average Bonchev–Trinajstić information content (AvgIpc) is 2.88. The third-order valence-electron chi connectivity index (χ3n) is 3.88. The zero-order valence-corrected chi connectivity index (χ0v) is 10.8. The summed E-state index contributed by atoms with van der Waals surface area (Å²) < 4.78 is 0. The van der Waals surface area contributed by atoms with Gasteiger partial charge in [0.05, 0.1) is 5.54 Å². The van der Waals surface area contributed by atoms with Crippen molar-refractivity contribution in [3.05, 3.63) is 35.4 Å². The molecule has 2 heteroatoms. The lowest BCUT2D eigenvalue weighted by Crippen LogP contribution is -2.47. The lowest BCUT2D eigenvalue weighted by Gasteiger charge is -2.26. The maximum absolute atomic E-state index is 12.6. The molecule has 0 aliphatic carbocycles. The van der Waals surface area contributed by atoms with Crippen LogP contribution in [0, 0.1) is 0 Å². The zero-order valence-electron chi connectivity index (χ0n) is 10.8. The molecule has 17 heavy (non-hydrogen) atoms.